The fourth-order valence-corrected chi connectivity index (χ4v) is 3.99. The number of imidazole rings is 1. The molecule has 9 heteroatoms. The summed E-state index contributed by atoms with van der Waals surface area (Å²) in [4.78, 5) is 23.0. The third kappa shape index (κ3) is 3.26. The smallest absolute Gasteiger partial charge is 0.273 e. The van der Waals surface area contributed by atoms with Crippen LogP contribution < -0.4 is 0 Å². The number of hydrogen-bond donors (Lipinski definition) is 0. The van der Waals surface area contributed by atoms with E-state index in [9.17, 15) is 4.79 Å². The van der Waals surface area contributed by atoms with Crippen molar-refractivity contribution in [2.24, 2.45) is 7.05 Å². The monoisotopic (exact) mass is 371 g/mol. The Kier molecular flexibility index (Phi) is 4.54. The van der Waals surface area contributed by atoms with Crippen LogP contribution in [0, 0.1) is 6.92 Å². The standard InChI is InChI=1S/C17H21N7OS/c1-12-19-14(10-26-12)17(25)24-6-3-4-13(8-24)16-21-20-15(22(16)2)9-23-7-5-18-11-23/h5,7,10-11,13H,3-4,6,8-9H2,1-2H3. The molecule has 0 aromatic carbocycles. The minimum absolute atomic E-state index is 0.0138. The van der Waals surface area contributed by atoms with Crippen LogP contribution in [0.2, 0.25) is 0 Å². The van der Waals surface area contributed by atoms with Gasteiger partial charge in [-0.25, -0.2) is 9.97 Å². The average molecular weight is 371 g/mol. The van der Waals surface area contributed by atoms with E-state index in [0.717, 1.165) is 36.0 Å². The molecule has 0 bridgehead atoms. The number of likely N-dealkylation sites (tertiary alicyclic amines) is 1. The van der Waals surface area contributed by atoms with Gasteiger partial charge in [-0.3, -0.25) is 4.79 Å². The van der Waals surface area contributed by atoms with Gasteiger partial charge in [0.1, 0.15) is 11.5 Å². The number of hydrogen-bond acceptors (Lipinski definition) is 6. The molecule has 3 aromatic rings. The molecule has 1 amide bonds. The predicted molar refractivity (Wildman–Crippen MR) is 97.1 cm³/mol. The summed E-state index contributed by atoms with van der Waals surface area (Å²) in [6.45, 7) is 3.98. The Labute approximate surface area is 155 Å². The van der Waals surface area contributed by atoms with Gasteiger partial charge in [-0.15, -0.1) is 21.5 Å². The van der Waals surface area contributed by atoms with Crippen molar-refractivity contribution in [3.63, 3.8) is 0 Å². The van der Waals surface area contributed by atoms with Crippen LogP contribution in [0.5, 0.6) is 0 Å². The molecule has 0 saturated carbocycles. The molecule has 1 saturated heterocycles. The lowest BCUT2D eigenvalue weighted by Gasteiger charge is -2.31. The van der Waals surface area contributed by atoms with Crippen molar-refractivity contribution in [1.29, 1.82) is 0 Å². The largest absolute Gasteiger partial charge is 0.337 e. The minimum Gasteiger partial charge on any atom is -0.337 e. The van der Waals surface area contributed by atoms with Crippen molar-refractivity contribution in [3.05, 3.63) is 46.5 Å². The maximum Gasteiger partial charge on any atom is 0.273 e. The number of carbonyl (C=O) groups is 1. The highest BCUT2D eigenvalue weighted by Crippen LogP contribution is 2.27. The van der Waals surface area contributed by atoms with E-state index >= 15 is 0 Å². The summed E-state index contributed by atoms with van der Waals surface area (Å²) in [6, 6.07) is 0. The molecule has 1 unspecified atom stereocenters. The van der Waals surface area contributed by atoms with Crippen molar-refractivity contribution >= 4 is 17.2 Å². The molecule has 1 aliphatic rings. The number of aryl methyl sites for hydroxylation is 1. The number of amides is 1. The van der Waals surface area contributed by atoms with Gasteiger partial charge in [-0.1, -0.05) is 0 Å². The van der Waals surface area contributed by atoms with E-state index in [1.807, 2.05) is 39.6 Å². The fourth-order valence-electron chi connectivity index (χ4n) is 3.41. The van der Waals surface area contributed by atoms with Gasteiger partial charge in [-0.2, -0.15) is 0 Å². The first-order valence-electron chi connectivity index (χ1n) is 8.67. The minimum atomic E-state index is 0.0138. The average Bonchev–Trinajstić information content (AvgIpc) is 3.38. The molecule has 0 radical (unpaired) electrons. The second kappa shape index (κ2) is 6.99. The zero-order chi connectivity index (χ0) is 18.1. The van der Waals surface area contributed by atoms with Crippen molar-refractivity contribution in [2.75, 3.05) is 13.1 Å². The molecule has 26 heavy (non-hydrogen) atoms. The number of nitrogens with zero attached hydrogens (tertiary/aromatic N) is 7. The van der Waals surface area contributed by atoms with Gasteiger partial charge in [0.2, 0.25) is 0 Å². The van der Waals surface area contributed by atoms with E-state index in [2.05, 4.69) is 20.2 Å². The van der Waals surface area contributed by atoms with Crippen molar-refractivity contribution in [3.8, 4) is 0 Å². The maximum absolute atomic E-state index is 12.7. The van der Waals surface area contributed by atoms with Gasteiger partial charge >= 0.3 is 0 Å². The van der Waals surface area contributed by atoms with Crippen LogP contribution in [0.25, 0.3) is 0 Å². The summed E-state index contributed by atoms with van der Waals surface area (Å²) in [7, 11) is 1.99. The molecule has 0 N–H and O–H groups in total. The van der Waals surface area contributed by atoms with E-state index in [4.69, 9.17) is 0 Å². The van der Waals surface area contributed by atoms with Crippen LogP contribution in [0.1, 0.15) is 45.9 Å². The van der Waals surface area contributed by atoms with Gasteiger partial charge < -0.3 is 14.0 Å². The van der Waals surface area contributed by atoms with Crippen LogP contribution in [0.4, 0.5) is 0 Å². The third-order valence-corrected chi connectivity index (χ3v) is 5.57. The third-order valence-electron chi connectivity index (χ3n) is 4.79. The van der Waals surface area contributed by atoms with Crippen molar-refractivity contribution in [1.82, 2.24) is 34.2 Å². The number of thiazole rings is 1. The molecule has 136 valence electrons. The first kappa shape index (κ1) is 16.9. The topological polar surface area (TPSA) is 81.7 Å². The molecule has 8 nitrogen and oxygen atoms in total. The Bertz CT molecular complexity index is 898. The maximum atomic E-state index is 12.7. The van der Waals surface area contributed by atoms with Crippen LogP contribution in [0.3, 0.4) is 0 Å². The summed E-state index contributed by atoms with van der Waals surface area (Å²) in [6.07, 6.45) is 7.40. The molecule has 1 atom stereocenters. The Balaban J connectivity index is 1.49. The highest BCUT2D eigenvalue weighted by molar-refractivity contribution is 7.09. The summed E-state index contributed by atoms with van der Waals surface area (Å²) < 4.78 is 4.01. The predicted octanol–water partition coefficient (Wildman–Crippen LogP) is 1.84. The lowest BCUT2D eigenvalue weighted by molar-refractivity contribution is 0.0698. The lowest BCUT2D eigenvalue weighted by Crippen LogP contribution is -2.39. The Hall–Kier alpha value is -2.55. The lowest BCUT2D eigenvalue weighted by atomic mass is 9.97. The van der Waals surface area contributed by atoms with Crippen LogP contribution in [-0.4, -0.2) is 53.2 Å². The van der Waals surface area contributed by atoms with Gasteiger partial charge in [0.15, 0.2) is 5.82 Å². The van der Waals surface area contributed by atoms with Crippen LogP contribution in [0.15, 0.2) is 24.1 Å². The molecule has 3 aromatic heterocycles. The Morgan fingerprint density at radius 2 is 2.27 bits per heavy atom. The second-order valence-corrected chi connectivity index (χ2v) is 7.67. The van der Waals surface area contributed by atoms with Crippen LogP contribution in [-0.2, 0) is 13.6 Å². The quantitative estimate of drug-likeness (QED) is 0.699. The van der Waals surface area contributed by atoms with Crippen molar-refractivity contribution < 1.29 is 4.79 Å². The first-order valence-corrected chi connectivity index (χ1v) is 9.55. The molecule has 4 rings (SSSR count). The number of rotatable bonds is 4. The number of aromatic nitrogens is 6. The van der Waals surface area contributed by atoms with Gasteiger partial charge in [0, 0.05) is 43.8 Å². The zero-order valence-corrected chi connectivity index (χ0v) is 15.7. The Morgan fingerprint density at radius 3 is 3.00 bits per heavy atom. The summed E-state index contributed by atoms with van der Waals surface area (Å²) in [5, 5.41) is 11.5. The first-order chi connectivity index (χ1) is 12.6. The second-order valence-electron chi connectivity index (χ2n) is 6.61. The summed E-state index contributed by atoms with van der Waals surface area (Å²) in [5.41, 5.74) is 0.548. The number of carbonyl (C=O) groups excluding carboxylic acids is 1. The van der Waals surface area contributed by atoms with E-state index in [-0.39, 0.29) is 11.8 Å². The molecule has 1 fully saturated rings. The van der Waals surface area contributed by atoms with E-state index in [1.165, 1.54) is 11.3 Å². The van der Waals surface area contributed by atoms with Gasteiger partial charge in [-0.05, 0) is 19.8 Å². The van der Waals surface area contributed by atoms with Crippen LogP contribution >= 0.6 is 11.3 Å². The van der Waals surface area contributed by atoms with E-state index < -0.39 is 0 Å². The molecule has 0 aliphatic carbocycles. The van der Waals surface area contributed by atoms with Crippen molar-refractivity contribution in [2.45, 2.75) is 32.2 Å². The highest BCUT2D eigenvalue weighted by atomic mass is 32.1. The molecule has 0 spiro atoms. The Morgan fingerprint density at radius 1 is 1.38 bits per heavy atom. The molecule has 4 heterocycles. The molecular formula is C17H21N7OS. The van der Waals surface area contributed by atoms with Gasteiger partial charge in [0.25, 0.3) is 5.91 Å². The molecular weight excluding hydrogens is 350 g/mol. The highest BCUT2D eigenvalue weighted by Gasteiger charge is 2.29. The zero-order valence-electron chi connectivity index (χ0n) is 14.9. The normalized spacial score (nSPS) is 17.6. The molecule has 1 aliphatic heterocycles. The number of piperidine rings is 1. The van der Waals surface area contributed by atoms with Gasteiger partial charge in [0.05, 0.1) is 17.9 Å². The SMILES string of the molecule is Cc1nc(C(=O)N2CCCC(c3nnc(Cn4ccnc4)n3C)C2)cs1. The summed E-state index contributed by atoms with van der Waals surface area (Å²) >= 11 is 1.51. The van der Waals surface area contributed by atoms with E-state index in [0.29, 0.717) is 18.8 Å². The van der Waals surface area contributed by atoms with E-state index in [1.54, 1.807) is 12.5 Å². The summed E-state index contributed by atoms with van der Waals surface area (Å²) in [5.74, 6) is 2.03. The fraction of sp³-hybridized carbons (Fsp3) is 0.471.